The second kappa shape index (κ2) is 4.94. The number of benzene rings is 1. The number of anilines is 1. The first-order chi connectivity index (χ1) is 8.31. The van der Waals surface area contributed by atoms with Crippen molar-refractivity contribution in [3.63, 3.8) is 0 Å². The molecule has 1 aromatic heterocycles. The Morgan fingerprint density at radius 1 is 1.29 bits per heavy atom. The smallest absolute Gasteiger partial charge is 0.224 e. The molecule has 0 bridgehead atoms. The number of nitrogens with one attached hydrogen (secondary N) is 1. The van der Waals surface area contributed by atoms with E-state index in [0.717, 1.165) is 0 Å². The Morgan fingerprint density at radius 3 is 2.94 bits per heavy atom. The molecule has 17 heavy (non-hydrogen) atoms. The molecule has 0 saturated carbocycles. The summed E-state index contributed by atoms with van der Waals surface area (Å²) in [5, 5.41) is 11.7. The van der Waals surface area contributed by atoms with Crippen molar-refractivity contribution in [2.75, 3.05) is 12.4 Å². The number of nitriles is 1. The Balaban J connectivity index is 2.22. The average molecular weight is 226 g/mol. The molecule has 2 aromatic rings. The van der Waals surface area contributed by atoms with Crippen molar-refractivity contribution in [2.24, 2.45) is 0 Å². The fourth-order valence-corrected chi connectivity index (χ4v) is 1.28. The fourth-order valence-electron chi connectivity index (χ4n) is 1.28. The number of ether oxygens (including phenoxy) is 1. The van der Waals surface area contributed by atoms with E-state index in [1.807, 2.05) is 0 Å². The molecule has 0 unspecified atom stereocenters. The molecular weight excluding hydrogens is 216 g/mol. The van der Waals surface area contributed by atoms with E-state index in [9.17, 15) is 0 Å². The molecular formula is C12H10N4O. The Bertz CT molecular complexity index is 562. The van der Waals surface area contributed by atoms with Crippen molar-refractivity contribution in [3.8, 4) is 17.7 Å². The predicted molar refractivity (Wildman–Crippen MR) is 62.8 cm³/mol. The van der Waals surface area contributed by atoms with Crippen LogP contribution in [0.5, 0.6) is 11.6 Å². The normalized spacial score (nSPS) is 9.41. The number of nitrogens with zero attached hydrogens (tertiary/aromatic N) is 3. The summed E-state index contributed by atoms with van der Waals surface area (Å²) in [6, 6.07) is 10.6. The van der Waals surface area contributed by atoms with Gasteiger partial charge >= 0.3 is 0 Å². The van der Waals surface area contributed by atoms with Crippen LogP contribution in [-0.4, -0.2) is 17.0 Å². The Kier molecular flexibility index (Phi) is 3.17. The first-order valence-electron chi connectivity index (χ1n) is 4.99. The van der Waals surface area contributed by atoms with Gasteiger partial charge in [0, 0.05) is 13.1 Å². The summed E-state index contributed by atoms with van der Waals surface area (Å²) in [6.07, 6.45) is 1.41. The number of rotatable bonds is 3. The third-order valence-corrected chi connectivity index (χ3v) is 2.08. The van der Waals surface area contributed by atoms with E-state index in [-0.39, 0.29) is 0 Å². The van der Waals surface area contributed by atoms with E-state index < -0.39 is 0 Å². The van der Waals surface area contributed by atoms with Crippen LogP contribution in [0.4, 0.5) is 5.82 Å². The van der Waals surface area contributed by atoms with Gasteiger partial charge in [0.15, 0.2) is 0 Å². The lowest BCUT2D eigenvalue weighted by atomic mass is 10.2. The van der Waals surface area contributed by atoms with Crippen LogP contribution >= 0.6 is 0 Å². The lowest BCUT2D eigenvalue weighted by molar-refractivity contribution is 0.462. The summed E-state index contributed by atoms with van der Waals surface area (Å²) in [6.45, 7) is 0. The zero-order valence-electron chi connectivity index (χ0n) is 9.21. The maximum Gasteiger partial charge on any atom is 0.224 e. The molecule has 1 N–H and O–H groups in total. The number of hydrogen-bond acceptors (Lipinski definition) is 5. The third kappa shape index (κ3) is 2.69. The molecule has 0 aliphatic heterocycles. The van der Waals surface area contributed by atoms with Crippen LogP contribution in [0.2, 0.25) is 0 Å². The highest BCUT2D eigenvalue weighted by Crippen LogP contribution is 2.21. The summed E-state index contributed by atoms with van der Waals surface area (Å²) in [5.41, 5.74) is 0.547. The van der Waals surface area contributed by atoms with E-state index in [4.69, 9.17) is 10.00 Å². The van der Waals surface area contributed by atoms with Crippen LogP contribution in [0.15, 0.2) is 36.7 Å². The molecule has 0 amide bonds. The number of hydrogen-bond donors (Lipinski definition) is 1. The predicted octanol–water partition coefficient (Wildman–Crippen LogP) is 2.18. The quantitative estimate of drug-likeness (QED) is 0.868. The van der Waals surface area contributed by atoms with Gasteiger partial charge in [-0.1, -0.05) is 6.07 Å². The highest BCUT2D eigenvalue weighted by molar-refractivity contribution is 5.40. The summed E-state index contributed by atoms with van der Waals surface area (Å²) in [7, 11) is 1.77. The standard InChI is InChI=1S/C12H10N4O/c1-14-11-6-12(16-8-15-11)17-10-4-2-3-9(5-10)7-13/h2-6,8H,1H3,(H,14,15,16). The second-order valence-electron chi connectivity index (χ2n) is 3.23. The molecule has 1 aromatic carbocycles. The van der Waals surface area contributed by atoms with Crippen LogP contribution in [0.25, 0.3) is 0 Å². The zero-order valence-corrected chi connectivity index (χ0v) is 9.21. The SMILES string of the molecule is CNc1cc(Oc2cccc(C#N)c2)ncn1. The van der Waals surface area contributed by atoms with Gasteiger partial charge in [0.05, 0.1) is 11.6 Å². The molecule has 0 fully saturated rings. The van der Waals surface area contributed by atoms with E-state index in [1.54, 1.807) is 37.4 Å². The average Bonchev–Trinajstić information content (AvgIpc) is 2.39. The highest BCUT2D eigenvalue weighted by atomic mass is 16.5. The van der Waals surface area contributed by atoms with Crippen molar-refractivity contribution >= 4 is 5.82 Å². The Morgan fingerprint density at radius 2 is 2.18 bits per heavy atom. The molecule has 84 valence electrons. The van der Waals surface area contributed by atoms with Crippen molar-refractivity contribution in [1.82, 2.24) is 9.97 Å². The van der Waals surface area contributed by atoms with Crippen LogP contribution in [-0.2, 0) is 0 Å². The molecule has 0 aliphatic rings. The Labute approximate surface area is 98.7 Å². The minimum absolute atomic E-state index is 0.430. The summed E-state index contributed by atoms with van der Waals surface area (Å²) in [4.78, 5) is 7.96. The third-order valence-electron chi connectivity index (χ3n) is 2.08. The number of aromatic nitrogens is 2. The first-order valence-corrected chi connectivity index (χ1v) is 4.99. The van der Waals surface area contributed by atoms with Gasteiger partial charge in [0.25, 0.3) is 0 Å². The van der Waals surface area contributed by atoms with Crippen LogP contribution in [0.3, 0.4) is 0 Å². The summed E-state index contributed by atoms with van der Waals surface area (Å²) < 4.78 is 5.52. The molecule has 2 rings (SSSR count). The highest BCUT2D eigenvalue weighted by Gasteiger charge is 2.01. The van der Waals surface area contributed by atoms with Crippen molar-refractivity contribution in [2.45, 2.75) is 0 Å². The molecule has 0 saturated heterocycles. The topological polar surface area (TPSA) is 70.8 Å². The van der Waals surface area contributed by atoms with Gasteiger partial charge < -0.3 is 10.1 Å². The van der Waals surface area contributed by atoms with Gasteiger partial charge in [-0.25, -0.2) is 9.97 Å². The lowest BCUT2D eigenvalue weighted by Crippen LogP contribution is -1.95. The van der Waals surface area contributed by atoms with E-state index in [0.29, 0.717) is 23.0 Å². The summed E-state index contributed by atoms with van der Waals surface area (Å²) >= 11 is 0. The minimum Gasteiger partial charge on any atom is -0.439 e. The van der Waals surface area contributed by atoms with E-state index in [2.05, 4.69) is 21.4 Å². The molecule has 0 radical (unpaired) electrons. The molecule has 5 nitrogen and oxygen atoms in total. The summed E-state index contributed by atoms with van der Waals surface area (Å²) in [5.74, 6) is 1.68. The molecule has 0 spiro atoms. The largest absolute Gasteiger partial charge is 0.439 e. The lowest BCUT2D eigenvalue weighted by Gasteiger charge is -2.05. The maximum absolute atomic E-state index is 8.77. The molecule has 0 aliphatic carbocycles. The van der Waals surface area contributed by atoms with Gasteiger partial charge in [-0.3, -0.25) is 0 Å². The van der Waals surface area contributed by atoms with Crippen molar-refractivity contribution < 1.29 is 4.74 Å². The van der Waals surface area contributed by atoms with E-state index in [1.165, 1.54) is 6.33 Å². The van der Waals surface area contributed by atoms with Gasteiger partial charge in [-0.05, 0) is 18.2 Å². The first kappa shape index (κ1) is 10.9. The van der Waals surface area contributed by atoms with Gasteiger partial charge in [-0.2, -0.15) is 5.26 Å². The zero-order chi connectivity index (χ0) is 12.1. The molecule has 5 heteroatoms. The Hall–Kier alpha value is -2.61. The van der Waals surface area contributed by atoms with Crippen LogP contribution < -0.4 is 10.1 Å². The molecule has 0 atom stereocenters. The fraction of sp³-hybridized carbons (Fsp3) is 0.0833. The van der Waals surface area contributed by atoms with Gasteiger partial charge in [-0.15, -0.1) is 0 Å². The maximum atomic E-state index is 8.77. The minimum atomic E-state index is 0.430. The van der Waals surface area contributed by atoms with Crippen molar-refractivity contribution in [3.05, 3.63) is 42.2 Å². The van der Waals surface area contributed by atoms with Crippen molar-refractivity contribution in [1.29, 1.82) is 5.26 Å². The van der Waals surface area contributed by atoms with Gasteiger partial charge in [0.2, 0.25) is 5.88 Å². The molecule has 1 heterocycles. The van der Waals surface area contributed by atoms with Crippen LogP contribution in [0.1, 0.15) is 5.56 Å². The van der Waals surface area contributed by atoms with E-state index >= 15 is 0 Å². The van der Waals surface area contributed by atoms with Crippen LogP contribution in [0, 0.1) is 11.3 Å². The van der Waals surface area contributed by atoms with Gasteiger partial charge in [0.1, 0.15) is 17.9 Å². The second-order valence-corrected chi connectivity index (χ2v) is 3.23. The monoisotopic (exact) mass is 226 g/mol.